The second-order valence-electron chi connectivity index (χ2n) is 5.67. The molecule has 3 unspecified atom stereocenters. The molecule has 0 aliphatic carbocycles. The van der Waals surface area contributed by atoms with E-state index in [0.29, 0.717) is 12.0 Å². The third-order valence-electron chi connectivity index (χ3n) is 4.77. The highest BCUT2D eigenvalue weighted by atomic mass is 15.2. The molecule has 0 saturated carbocycles. The van der Waals surface area contributed by atoms with Gasteiger partial charge in [-0.3, -0.25) is 4.90 Å². The van der Waals surface area contributed by atoms with Crippen LogP contribution in [0.1, 0.15) is 59.8 Å². The second-order valence-corrected chi connectivity index (χ2v) is 5.67. The number of likely N-dealkylation sites (tertiary alicyclic amines) is 1. The van der Waals surface area contributed by atoms with Gasteiger partial charge in [-0.1, -0.05) is 33.6 Å². The van der Waals surface area contributed by atoms with Crippen LogP contribution in [0.3, 0.4) is 0 Å². The van der Waals surface area contributed by atoms with Crippen LogP contribution in [0.4, 0.5) is 0 Å². The Labute approximate surface area is 102 Å². The Bertz CT molecular complexity index is 195. The van der Waals surface area contributed by atoms with Crippen LogP contribution < -0.4 is 5.73 Å². The zero-order valence-corrected chi connectivity index (χ0v) is 11.6. The normalized spacial score (nSPS) is 26.1. The second kappa shape index (κ2) is 6.02. The molecule has 2 heteroatoms. The van der Waals surface area contributed by atoms with Crippen molar-refractivity contribution >= 4 is 0 Å². The molecule has 1 fully saturated rings. The average molecular weight is 226 g/mol. The monoisotopic (exact) mass is 226 g/mol. The van der Waals surface area contributed by atoms with Gasteiger partial charge in [0, 0.05) is 11.6 Å². The lowest BCUT2D eigenvalue weighted by Gasteiger charge is -2.48. The first-order chi connectivity index (χ1) is 7.56. The molecule has 16 heavy (non-hydrogen) atoms. The highest BCUT2D eigenvalue weighted by molar-refractivity contribution is 4.97. The molecule has 3 atom stereocenters. The van der Waals surface area contributed by atoms with Crippen molar-refractivity contribution in [2.75, 3.05) is 13.1 Å². The first kappa shape index (κ1) is 14.0. The van der Waals surface area contributed by atoms with Gasteiger partial charge in [0.1, 0.15) is 0 Å². The maximum Gasteiger partial charge on any atom is 0.0332 e. The molecule has 0 aromatic carbocycles. The summed E-state index contributed by atoms with van der Waals surface area (Å²) in [5.41, 5.74) is 6.71. The van der Waals surface area contributed by atoms with Crippen LogP contribution in [-0.4, -0.2) is 29.6 Å². The van der Waals surface area contributed by atoms with E-state index in [0.717, 1.165) is 0 Å². The number of nitrogens with zero attached hydrogens (tertiary/aromatic N) is 1. The number of piperidine rings is 1. The van der Waals surface area contributed by atoms with Crippen LogP contribution in [0.2, 0.25) is 0 Å². The lowest BCUT2D eigenvalue weighted by molar-refractivity contribution is 0.0385. The third kappa shape index (κ3) is 2.78. The van der Waals surface area contributed by atoms with Gasteiger partial charge in [0.05, 0.1) is 0 Å². The standard InChI is InChI=1S/C14H30N2/c1-5-12(3)13(15)14(4,6-2)16-10-8-7-9-11-16/h12-13H,5-11,15H2,1-4H3. The van der Waals surface area contributed by atoms with E-state index in [1.54, 1.807) is 0 Å². The first-order valence-electron chi connectivity index (χ1n) is 7.06. The molecular weight excluding hydrogens is 196 g/mol. The number of nitrogens with two attached hydrogens (primary N) is 1. The molecule has 96 valence electrons. The Hall–Kier alpha value is -0.0800. The third-order valence-corrected chi connectivity index (χ3v) is 4.77. The van der Waals surface area contributed by atoms with Crippen LogP contribution in [0.5, 0.6) is 0 Å². The lowest BCUT2D eigenvalue weighted by Crippen LogP contribution is -2.61. The van der Waals surface area contributed by atoms with Crippen molar-refractivity contribution in [1.82, 2.24) is 4.90 Å². The molecule has 1 aliphatic heterocycles. The van der Waals surface area contributed by atoms with Crippen LogP contribution >= 0.6 is 0 Å². The van der Waals surface area contributed by atoms with E-state index in [-0.39, 0.29) is 5.54 Å². The molecule has 1 heterocycles. The molecule has 0 amide bonds. The number of rotatable bonds is 5. The van der Waals surface area contributed by atoms with Crippen molar-refractivity contribution in [2.45, 2.75) is 71.4 Å². The van der Waals surface area contributed by atoms with E-state index >= 15 is 0 Å². The van der Waals surface area contributed by atoms with Crippen molar-refractivity contribution in [3.63, 3.8) is 0 Å². The van der Waals surface area contributed by atoms with Gasteiger partial charge in [-0.2, -0.15) is 0 Å². The average Bonchev–Trinajstić information content (AvgIpc) is 2.37. The van der Waals surface area contributed by atoms with Gasteiger partial charge < -0.3 is 5.73 Å². The maximum absolute atomic E-state index is 6.51. The summed E-state index contributed by atoms with van der Waals surface area (Å²) in [5, 5.41) is 0. The van der Waals surface area contributed by atoms with E-state index in [1.807, 2.05) is 0 Å². The molecule has 2 nitrogen and oxygen atoms in total. The Kier molecular flexibility index (Phi) is 5.26. The van der Waals surface area contributed by atoms with Gasteiger partial charge >= 0.3 is 0 Å². The summed E-state index contributed by atoms with van der Waals surface area (Å²) in [6.45, 7) is 11.7. The zero-order valence-electron chi connectivity index (χ0n) is 11.6. The SMILES string of the molecule is CCC(C)C(N)C(C)(CC)N1CCCCC1. The van der Waals surface area contributed by atoms with E-state index in [9.17, 15) is 0 Å². The first-order valence-corrected chi connectivity index (χ1v) is 7.06. The summed E-state index contributed by atoms with van der Waals surface area (Å²) in [6, 6.07) is 0.306. The minimum absolute atomic E-state index is 0.204. The molecule has 0 radical (unpaired) electrons. The van der Waals surface area contributed by atoms with Crippen molar-refractivity contribution in [1.29, 1.82) is 0 Å². The van der Waals surface area contributed by atoms with Gasteiger partial charge in [-0.15, -0.1) is 0 Å². The zero-order chi connectivity index (χ0) is 12.2. The van der Waals surface area contributed by atoms with Gasteiger partial charge in [0.15, 0.2) is 0 Å². The quantitative estimate of drug-likeness (QED) is 0.781. The summed E-state index contributed by atoms with van der Waals surface area (Å²) in [7, 11) is 0. The molecular formula is C14H30N2. The van der Waals surface area contributed by atoms with E-state index in [1.165, 1.54) is 45.2 Å². The van der Waals surface area contributed by atoms with Crippen LogP contribution in [0.25, 0.3) is 0 Å². The topological polar surface area (TPSA) is 29.3 Å². The van der Waals surface area contributed by atoms with Gasteiger partial charge in [-0.25, -0.2) is 0 Å². The fourth-order valence-corrected chi connectivity index (χ4v) is 2.94. The predicted molar refractivity (Wildman–Crippen MR) is 71.6 cm³/mol. The fraction of sp³-hybridized carbons (Fsp3) is 1.00. The van der Waals surface area contributed by atoms with Crippen LogP contribution in [0, 0.1) is 5.92 Å². The number of hydrogen-bond acceptors (Lipinski definition) is 2. The Morgan fingerprint density at radius 2 is 1.75 bits per heavy atom. The van der Waals surface area contributed by atoms with Crippen molar-refractivity contribution < 1.29 is 0 Å². The predicted octanol–water partition coefficient (Wildman–Crippen LogP) is 3.01. The smallest absolute Gasteiger partial charge is 0.0332 e. The minimum Gasteiger partial charge on any atom is -0.326 e. The molecule has 1 saturated heterocycles. The summed E-state index contributed by atoms with van der Waals surface area (Å²) in [4.78, 5) is 2.65. The number of hydrogen-bond donors (Lipinski definition) is 1. The van der Waals surface area contributed by atoms with Crippen molar-refractivity contribution in [3.8, 4) is 0 Å². The fourth-order valence-electron chi connectivity index (χ4n) is 2.94. The van der Waals surface area contributed by atoms with Crippen molar-refractivity contribution in [3.05, 3.63) is 0 Å². The molecule has 0 spiro atoms. The molecule has 2 N–H and O–H groups in total. The van der Waals surface area contributed by atoms with Gasteiger partial charge in [0.25, 0.3) is 0 Å². The molecule has 1 rings (SSSR count). The largest absolute Gasteiger partial charge is 0.326 e. The van der Waals surface area contributed by atoms with Crippen LogP contribution in [-0.2, 0) is 0 Å². The van der Waals surface area contributed by atoms with E-state index in [2.05, 4.69) is 32.6 Å². The Balaban J connectivity index is 2.73. The molecule has 1 aliphatic rings. The molecule has 0 aromatic rings. The van der Waals surface area contributed by atoms with Gasteiger partial charge in [0.2, 0.25) is 0 Å². The van der Waals surface area contributed by atoms with Crippen molar-refractivity contribution in [2.24, 2.45) is 11.7 Å². The summed E-state index contributed by atoms with van der Waals surface area (Å²) >= 11 is 0. The highest BCUT2D eigenvalue weighted by Crippen LogP contribution is 2.30. The summed E-state index contributed by atoms with van der Waals surface area (Å²) in [5.74, 6) is 0.617. The summed E-state index contributed by atoms with van der Waals surface area (Å²) < 4.78 is 0. The maximum atomic E-state index is 6.51. The van der Waals surface area contributed by atoms with E-state index < -0.39 is 0 Å². The molecule has 0 aromatic heterocycles. The van der Waals surface area contributed by atoms with E-state index in [4.69, 9.17) is 5.73 Å². The highest BCUT2D eigenvalue weighted by Gasteiger charge is 2.38. The molecule has 0 bridgehead atoms. The lowest BCUT2D eigenvalue weighted by atomic mass is 9.79. The van der Waals surface area contributed by atoms with Crippen LogP contribution in [0.15, 0.2) is 0 Å². The minimum atomic E-state index is 0.204. The Morgan fingerprint density at radius 1 is 1.19 bits per heavy atom. The summed E-state index contributed by atoms with van der Waals surface area (Å²) in [6.07, 6.45) is 6.45. The Morgan fingerprint density at radius 3 is 2.19 bits per heavy atom. The van der Waals surface area contributed by atoms with Gasteiger partial charge in [-0.05, 0) is 45.2 Å².